The fourth-order valence-corrected chi connectivity index (χ4v) is 3.71. The largest absolute Gasteiger partial charge is 0.493 e. The number of hydrogen-bond donors (Lipinski definition) is 0. The third kappa shape index (κ3) is 3.58. The van der Waals surface area contributed by atoms with Gasteiger partial charge in [-0.05, 0) is 48.0 Å². The summed E-state index contributed by atoms with van der Waals surface area (Å²) in [6, 6.07) is 19.6. The van der Waals surface area contributed by atoms with Crippen LogP contribution in [0.1, 0.15) is 5.56 Å². The van der Waals surface area contributed by atoms with E-state index in [0.29, 0.717) is 17.1 Å². The van der Waals surface area contributed by atoms with Crippen molar-refractivity contribution in [3.05, 3.63) is 89.9 Å². The van der Waals surface area contributed by atoms with Crippen LogP contribution in [0.15, 0.2) is 78.5 Å². The SMILES string of the molecule is COc1ccc(C2=C(N(C)c3ccccc3)C(=O)N(c3cccc(F)c3)C2=O)cc1OC. The Morgan fingerprint density at radius 3 is 2.19 bits per heavy atom. The van der Waals surface area contributed by atoms with Crippen LogP contribution in [-0.2, 0) is 9.59 Å². The molecule has 1 aliphatic heterocycles. The number of hydrogen-bond acceptors (Lipinski definition) is 5. The van der Waals surface area contributed by atoms with Crippen molar-refractivity contribution in [3.8, 4) is 11.5 Å². The molecule has 0 radical (unpaired) electrons. The number of ether oxygens (including phenoxy) is 2. The molecule has 4 rings (SSSR count). The molecular formula is C25H21FN2O4. The number of methoxy groups -OCH3 is 2. The molecule has 7 heteroatoms. The molecule has 0 unspecified atom stereocenters. The van der Waals surface area contributed by atoms with Crippen molar-refractivity contribution in [2.75, 3.05) is 31.1 Å². The third-order valence-electron chi connectivity index (χ3n) is 5.28. The van der Waals surface area contributed by atoms with E-state index >= 15 is 0 Å². The lowest BCUT2D eigenvalue weighted by molar-refractivity contribution is -0.120. The minimum absolute atomic E-state index is 0.162. The maximum atomic E-state index is 13.9. The van der Waals surface area contributed by atoms with Crippen LogP contribution >= 0.6 is 0 Å². The summed E-state index contributed by atoms with van der Waals surface area (Å²) in [5.74, 6) is -0.722. The highest BCUT2D eigenvalue weighted by Gasteiger charge is 2.42. The van der Waals surface area contributed by atoms with Gasteiger partial charge in [-0.25, -0.2) is 9.29 Å². The second-order valence-electron chi connectivity index (χ2n) is 7.11. The van der Waals surface area contributed by atoms with Gasteiger partial charge in [0.25, 0.3) is 11.8 Å². The van der Waals surface area contributed by atoms with Crippen LogP contribution in [0.4, 0.5) is 15.8 Å². The second kappa shape index (κ2) is 8.55. The van der Waals surface area contributed by atoms with Gasteiger partial charge in [0, 0.05) is 12.7 Å². The molecule has 0 bridgehead atoms. The molecule has 0 fully saturated rings. The van der Waals surface area contributed by atoms with Gasteiger partial charge in [-0.3, -0.25) is 9.59 Å². The average molecular weight is 432 g/mol. The van der Waals surface area contributed by atoms with Crippen LogP contribution in [0.5, 0.6) is 11.5 Å². The standard InChI is InChI=1S/C25H21FN2O4/c1-27(18-9-5-4-6-10-18)23-22(16-12-13-20(31-2)21(14-16)32-3)24(29)28(25(23)30)19-11-7-8-17(26)15-19/h4-15H,1-3H3. The molecule has 1 aliphatic rings. The van der Waals surface area contributed by atoms with Crippen molar-refractivity contribution < 1.29 is 23.5 Å². The zero-order chi connectivity index (χ0) is 22.8. The van der Waals surface area contributed by atoms with Gasteiger partial charge in [0.2, 0.25) is 0 Å². The molecule has 0 saturated carbocycles. The second-order valence-corrected chi connectivity index (χ2v) is 7.11. The van der Waals surface area contributed by atoms with E-state index in [4.69, 9.17) is 9.47 Å². The van der Waals surface area contributed by atoms with Crippen molar-refractivity contribution >= 4 is 28.8 Å². The minimum atomic E-state index is -0.550. The number of rotatable bonds is 6. The van der Waals surface area contributed by atoms with E-state index in [9.17, 15) is 14.0 Å². The summed E-state index contributed by atoms with van der Waals surface area (Å²) in [6.45, 7) is 0. The number of amides is 2. The van der Waals surface area contributed by atoms with Crippen LogP contribution < -0.4 is 19.3 Å². The molecular weight excluding hydrogens is 411 g/mol. The molecule has 3 aromatic rings. The summed E-state index contributed by atoms with van der Waals surface area (Å²) in [5, 5.41) is 0. The first-order chi connectivity index (χ1) is 15.5. The van der Waals surface area contributed by atoms with Gasteiger partial charge in [-0.2, -0.15) is 0 Å². The van der Waals surface area contributed by atoms with E-state index in [-0.39, 0.29) is 17.0 Å². The summed E-state index contributed by atoms with van der Waals surface area (Å²) in [5.41, 5.74) is 1.74. The molecule has 0 spiro atoms. The van der Waals surface area contributed by atoms with E-state index in [0.717, 1.165) is 16.7 Å². The number of carbonyl (C=O) groups excluding carboxylic acids is 2. The van der Waals surface area contributed by atoms with Crippen LogP contribution in [0.2, 0.25) is 0 Å². The molecule has 162 valence electrons. The number of imide groups is 1. The molecule has 0 atom stereocenters. The Bertz CT molecular complexity index is 1220. The van der Waals surface area contributed by atoms with E-state index in [1.54, 1.807) is 30.1 Å². The molecule has 1 heterocycles. The fraction of sp³-hybridized carbons (Fsp3) is 0.120. The van der Waals surface area contributed by atoms with Crippen molar-refractivity contribution in [1.29, 1.82) is 0 Å². The van der Waals surface area contributed by atoms with Crippen LogP contribution in [-0.4, -0.2) is 33.1 Å². The number of para-hydroxylation sites is 1. The van der Waals surface area contributed by atoms with Crippen molar-refractivity contribution in [1.82, 2.24) is 0 Å². The van der Waals surface area contributed by atoms with Gasteiger partial charge in [-0.1, -0.05) is 30.3 Å². The Morgan fingerprint density at radius 2 is 1.53 bits per heavy atom. The predicted octanol–water partition coefficient (Wildman–Crippen LogP) is 4.26. The highest BCUT2D eigenvalue weighted by Crippen LogP contribution is 2.39. The first-order valence-electron chi connectivity index (χ1n) is 9.86. The summed E-state index contributed by atoms with van der Waals surface area (Å²) in [6.07, 6.45) is 0. The van der Waals surface area contributed by atoms with Crippen LogP contribution in [0, 0.1) is 5.82 Å². The summed E-state index contributed by atoms with van der Waals surface area (Å²) in [7, 11) is 4.72. The number of anilines is 2. The van der Waals surface area contributed by atoms with Crippen molar-refractivity contribution in [2.45, 2.75) is 0 Å². The minimum Gasteiger partial charge on any atom is -0.493 e. The zero-order valence-electron chi connectivity index (χ0n) is 17.8. The molecule has 0 aromatic heterocycles. The number of nitrogens with zero attached hydrogens (tertiary/aromatic N) is 2. The smallest absolute Gasteiger partial charge is 0.282 e. The normalized spacial score (nSPS) is 13.6. The quantitative estimate of drug-likeness (QED) is 0.545. The lowest BCUT2D eigenvalue weighted by Crippen LogP contribution is -2.34. The Morgan fingerprint density at radius 1 is 0.812 bits per heavy atom. The molecule has 0 N–H and O–H groups in total. The highest BCUT2D eigenvalue weighted by molar-refractivity contribution is 6.46. The predicted molar refractivity (Wildman–Crippen MR) is 120 cm³/mol. The van der Waals surface area contributed by atoms with E-state index in [1.165, 1.54) is 32.4 Å². The number of likely N-dealkylation sites (N-methyl/N-ethyl adjacent to an activating group) is 1. The number of carbonyl (C=O) groups is 2. The lowest BCUT2D eigenvalue weighted by Gasteiger charge is -2.21. The highest BCUT2D eigenvalue weighted by atomic mass is 19.1. The molecule has 3 aromatic carbocycles. The maximum absolute atomic E-state index is 13.9. The Balaban J connectivity index is 1.91. The number of halogens is 1. The van der Waals surface area contributed by atoms with Gasteiger partial charge >= 0.3 is 0 Å². The summed E-state index contributed by atoms with van der Waals surface area (Å²) < 4.78 is 24.6. The monoisotopic (exact) mass is 432 g/mol. The van der Waals surface area contributed by atoms with Gasteiger partial charge in [0.15, 0.2) is 11.5 Å². The Labute approximate surface area is 185 Å². The van der Waals surface area contributed by atoms with Crippen LogP contribution in [0.3, 0.4) is 0 Å². The maximum Gasteiger partial charge on any atom is 0.282 e. The van der Waals surface area contributed by atoms with Gasteiger partial charge < -0.3 is 14.4 Å². The molecule has 2 amide bonds. The third-order valence-corrected chi connectivity index (χ3v) is 5.28. The van der Waals surface area contributed by atoms with Crippen molar-refractivity contribution in [3.63, 3.8) is 0 Å². The first-order valence-corrected chi connectivity index (χ1v) is 9.86. The van der Waals surface area contributed by atoms with Gasteiger partial charge in [0.1, 0.15) is 11.5 Å². The average Bonchev–Trinajstić information content (AvgIpc) is 3.08. The van der Waals surface area contributed by atoms with Crippen molar-refractivity contribution in [2.24, 2.45) is 0 Å². The van der Waals surface area contributed by atoms with E-state index < -0.39 is 17.6 Å². The summed E-state index contributed by atoms with van der Waals surface area (Å²) >= 11 is 0. The summed E-state index contributed by atoms with van der Waals surface area (Å²) in [4.78, 5) is 29.7. The topological polar surface area (TPSA) is 59.1 Å². The fourth-order valence-electron chi connectivity index (χ4n) is 3.71. The van der Waals surface area contributed by atoms with Crippen LogP contribution in [0.25, 0.3) is 5.57 Å². The first kappa shape index (κ1) is 21.1. The van der Waals surface area contributed by atoms with Gasteiger partial charge in [-0.15, -0.1) is 0 Å². The molecule has 0 saturated heterocycles. The molecule has 32 heavy (non-hydrogen) atoms. The number of benzene rings is 3. The van der Waals surface area contributed by atoms with E-state index in [2.05, 4.69) is 0 Å². The lowest BCUT2D eigenvalue weighted by atomic mass is 10.0. The van der Waals surface area contributed by atoms with E-state index in [1.807, 2.05) is 30.3 Å². The van der Waals surface area contributed by atoms with Gasteiger partial charge in [0.05, 0.1) is 25.5 Å². The Hall–Kier alpha value is -4.13. The zero-order valence-corrected chi connectivity index (χ0v) is 17.8. The Kier molecular flexibility index (Phi) is 5.64. The molecule has 6 nitrogen and oxygen atoms in total. The molecule has 0 aliphatic carbocycles.